The first kappa shape index (κ1) is 22.4. The quantitative estimate of drug-likeness (QED) is 0.570. The number of rotatable bonds is 5. The van der Waals surface area contributed by atoms with Crippen molar-refractivity contribution in [3.63, 3.8) is 0 Å². The maximum atomic E-state index is 13.1. The molecule has 2 aromatic heterocycles. The summed E-state index contributed by atoms with van der Waals surface area (Å²) in [5.41, 5.74) is 0.673. The monoisotopic (exact) mass is 463 g/mol. The highest BCUT2D eigenvalue weighted by molar-refractivity contribution is 5.99. The van der Waals surface area contributed by atoms with Crippen molar-refractivity contribution < 1.29 is 32.0 Å². The Morgan fingerprint density at radius 1 is 1.03 bits per heavy atom. The number of piperazine rings is 1. The first-order valence-corrected chi connectivity index (χ1v) is 9.94. The van der Waals surface area contributed by atoms with Crippen LogP contribution in [0.2, 0.25) is 0 Å². The van der Waals surface area contributed by atoms with E-state index in [0.29, 0.717) is 54.6 Å². The fourth-order valence-corrected chi connectivity index (χ4v) is 3.52. The Morgan fingerprint density at radius 3 is 2.21 bits per heavy atom. The van der Waals surface area contributed by atoms with Crippen LogP contribution >= 0.6 is 0 Å². The lowest BCUT2D eigenvalue weighted by Crippen LogP contribution is -2.49. The highest BCUT2D eigenvalue weighted by Gasteiger charge is 2.38. The first-order chi connectivity index (χ1) is 15.8. The summed E-state index contributed by atoms with van der Waals surface area (Å²) in [5, 5.41) is 3.36. The number of hydrogen-bond donors (Lipinski definition) is 0. The molecule has 0 spiro atoms. The number of halogens is 3. The lowest BCUT2D eigenvalue weighted by atomic mass is 10.1. The summed E-state index contributed by atoms with van der Waals surface area (Å²) in [6.07, 6.45) is -3.32. The zero-order chi connectivity index (χ0) is 23.6. The molecule has 1 aliphatic heterocycles. The van der Waals surface area contributed by atoms with E-state index < -0.39 is 12.1 Å². The number of carbonyl (C=O) groups is 1. The zero-order valence-electron chi connectivity index (χ0n) is 17.8. The van der Waals surface area contributed by atoms with Crippen LogP contribution in [0.25, 0.3) is 11.4 Å². The van der Waals surface area contributed by atoms with E-state index in [9.17, 15) is 18.0 Å². The molecule has 0 bridgehead atoms. The van der Waals surface area contributed by atoms with Gasteiger partial charge >= 0.3 is 12.1 Å². The highest BCUT2D eigenvalue weighted by Crippen LogP contribution is 2.31. The third kappa shape index (κ3) is 4.54. The molecule has 33 heavy (non-hydrogen) atoms. The number of methoxy groups -OCH3 is 2. The maximum absolute atomic E-state index is 13.1. The maximum Gasteiger partial charge on any atom is 0.471 e. The molecule has 0 N–H and O–H groups in total. The summed E-state index contributed by atoms with van der Waals surface area (Å²) in [4.78, 5) is 24.5. The Bertz CT molecular complexity index is 1100. The minimum absolute atomic E-state index is 0.190. The number of benzene rings is 1. The molecule has 3 heterocycles. The second kappa shape index (κ2) is 8.96. The van der Waals surface area contributed by atoms with Crippen LogP contribution in [-0.2, 0) is 6.18 Å². The fourth-order valence-electron chi connectivity index (χ4n) is 3.52. The summed E-state index contributed by atoms with van der Waals surface area (Å²) in [5.74, 6) is -0.287. The number of amides is 1. The molecule has 1 aromatic carbocycles. The first-order valence-electron chi connectivity index (χ1n) is 9.94. The highest BCUT2D eigenvalue weighted by atomic mass is 19.4. The lowest BCUT2D eigenvalue weighted by molar-refractivity contribution is -0.159. The third-order valence-corrected chi connectivity index (χ3v) is 5.21. The number of aromatic nitrogens is 3. The van der Waals surface area contributed by atoms with Crippen molar-refractivity contribution in [2.45, 2.75) is 6.18 Å². The van der Waals surface area contributed by atoms with Gasteiger partial charge in [0.1, 0.15) is 22.9 Å². The molecule has 1 saturated heterocycles. The van der Waals surface area contributed by atoms with Crippen LogP contribution < -0.4 is 14.4 Å². The van der Waals surface area contributed by atoms with E-state index in [1.165, 1.54) is 20.4 Å². The average Bonchev–Trinajstić information content (AvgIpc) is 3.34. The van der Waals surface area contributed by atoms with Crippen LogP contribution in [0.1, 0.15) is 16.2 Å². The van der Waals surface area contributed by atoms with E-state index in [1.807, 2.05) is 4.90 Å². The van der Waals surface area contributed by atoms with Gasteiger partial charge in [-0.2, -0.15) is 18.2 Å². The molecule has 0 unspecified atom stereocenters. The average molecular weight is 463 g/mol. The summed E-state index contributed by atoms with van der Waals surface area (Å²) in [6, 6.07) is 8.40. The van der Waals surface area contributed by atoms with Gasteiger partial charge in [-0.05, 0) is 24.3 Å². The lowest BCUT2D eigenvalue weighted by Gasteiger charge is -2.35. The molecule has 174 valence electrons. The number of ether oxygens (including phenoxy) is 2. The Labute approximate surface area is 186 Å². The largest absolute Gasteiger partial charge is 0.496 e. The van der Waals surface area contributed by atoms with Crippen molar-refractivity contribution >= 4 is 11.7 Å². The van der Waals surface area contributed by atoms with Crippen LogP contribution in [0, 0.1) is 0 Å². The van der Waals surface area contributed by atoms with Crippen molar-refractivity contribution in [3.8, 4) is 22.9 Å². The fraction of sp³-hybridized carbons (Fsp3) is 0.333. The summed E-state index contributed by atoms with van der Waals surface area (Å²) >= 11 is 0. The van der Waals surface area contributed by atoms with Crippen molar-refractivity contribution in [1.29, 1.82) is 0 Å². The summed E-state index contributed by atoms with van der Waals surface area (Å²) < 4.78 is 52.9. The molecule has 0 atom stereocenters. The van der Waals surface area contributed by atoms with E-state index in [4.69, 9.17) is 9.47 Å². The van der Waals surface area contributed by atoms with E-state index in [-0.39, 0.29) is 11.7 Å². The molecule has 0 radical (unpaired) electrons. The smallest absolute Gasteiger partial charge is 0.471 e. The Kier molecular flexibility index (Phi) is 6.07. The molecular weight excluding hydrogens is 443 g/mol. The summed E-state index contributed by atoms with van der Waals surface area (Å²) in [6.45, 7) is 1.94. The predicted molar refractivity (Wildman–Crippen MR) is 110 cm³/mol. The Morgan fingerprint density at radius 2 is 1.70 bits per heavy atom. The van der Waals surface area contributed by atoms with Crippen LogP contribution in [0.4, 0.5) is 19.0 Å². The van der Waals surface area contributed by atoms with Crippen LogP contribution in [0.3, 0.4) is 0 Å². The normalized spacial score (nSPS) is 14.3. The van der Waals surface area contributed by atoms with Gasteiger partial charge in [0.05, 0.1) is 14.2 Å². The second-order valence-corrected chi connectivity index (χ2v) is 7.14. The van der Waals surface area contributed by atoms with Gasteiger partial charge < -0.3 is 23.8 Å². The number of alkyl halides is 3. The van der Waals surface area contributed by atoms with E-state index in [1.54, 1.807) is 35.2 Å². The van der Waals surface area contributed by atoms with Crippen molar-refractivity contribution in [3.05, 3.63) is 48.0 Å². The number of pyridine rings is 1. The van der Waals surface area contributed by atoms with Gasteiger partial charge in [0, 0.05) is 37.9 Å². The summed E-state index contributed by atoms with van der Waals surface area (Å²) in [7, 11) is 2.99. The molecule has 1 fully saturated rings. The van der Waals surface area contributed by atoms with Gasteiger partial charge in [-0.25, -0.2) is 4.98 Å². The SMILES string of the molecule is COc1cccc(OC)c1C(=O)N1CCN(c2ccc(-c3noc(C(F)(F)F)n3)cn2)CC1. The molecule has 0 saturated carbocycles. The molecule has 3 aromatic rings. The molecule has 1 amide bonds. The van der Waals surface area contributed by atoms with Gasteiger partial charge in [-0.1, -0.05) is 11.2 Å². The minimum Gasteiger partial charge on any atom is -0.496 e. The molecule has 9 nitrogen and oxygen atoms in total. The van der Waals surface area contributed by atoms with E-state index in [0.717, 1.165) is 0 Å². The van der Waals surface area contributed by atoms with Gasteiger partial charge in [-0.3, -0.25) is 4.79 Å². The number of nitrogens with zero attached hydrogens (tertiary/aromatic N) is 5. The van der Waals surface area contributed by atoms with Crippen molar-refractivity contribution in [2.24, 2.45) is 0 Å². The number of hydrogen-bond acceptors (Lipinski definition) is 8. The molecule has 1 aliphatic rings. The van der Waals surface area contributed by atoms with Crippen LogP contribution in [0.15, 0.2) is 41.1 Å². The molecule has 0 aliphatic carbocycles. The van der Waals surface area contributed by atoms with Crippen LogP contribution in [-0.4, -0.2) is 66.3 Å². The Hall–Kier alpha value is -3.83. The molecule has 12 heteroatoms. The topological polar surface area (TPSA) is 93.8 Å². The standard InChI is InChI=1S/C21H20F3N5O4/c1-31-14-4-3-5-15(32-2)17(14)19(30)29-10-8-28(9-11-29)16-7-6-13(12-25-16)18-26-20(33-27-18)21(22,23)24/h3-7,12H,8-11H2,1-2H3. The van der Waals surface area contributed by atoms with Gasteiger partial charge in [-0.15, -0.1) is 0 Å². The van der Waals surface area contributed by atoms with Gasteiger partial charge in [0.15, 0.2) is 0 Å². The second-order valence-electron chi connectivity index (χ2n) is 7.14. The predicted octanol–water partition coefficient (Wildman–Crippen LogP) is 3.13. The Balaban J connectivity index is 1.42. The minimum atomic E-state index is -4.70. The molecular formula is C21H20F3N5O4. The van der Waals surface area contributed by atoms with Gasteiger partial charge in [0.25, 0.3) is 5.91 Å². The van der Waals surface area contributed by atoms with E-state index in [2.05, 4.69) is 19.6 Å². The van der Waals surface area contributed by atoms with Crippen LogP contribution in [0.5, 0.6) is 11.5 Å². The number of carbonyl (C=O) groups excluding carboxylic acids is 1. The van der Waals surface area contributed by atoms with Crippen molar-refractivity contribution in [1.82, 2.24) is 20.0 Å². The van der Waals surface area contributed by atoms with Gasteiger partial charge in [0.2, 0.25) is 5.82 Å². The zero-order valence-corrected chi connectivity index (χ0v) is 17.8. The van der Waals surface area contributed by atoms with E-state index >= 15 is 0 Å². The number of anilines is 1. The van der Waals surface area contributed by atoms with Crippen molar-refractivity contribution in [2.75, 3.05) is 45.3 Å². The molecule has 4 rings (SSSR count). The third-order valence-electron chi connectivity index (χ3n) is 5.21.